The van der Waals surface area contributed by atoms with Crippen LogP contribution in [-0.4, -0.2) is 28.6 Å². The van der Waals surface area contributed by atoms with Crippen molar-refractivity contribution in [3.05, 3.63) is 0 Å². The fourth-order valence-electron chi connectivity index (χ4n) is 8.15. The lowest BCUT2D eigenvalue weighted by Crippen LogP contribution is -2.58. The second kappa shape index (κ2) is 6.30. The molecule has 4 nitrogen and oxygen atoms in total. The van der Waals surface area contributed by atoms with Gasteiger partial charge in [-0.3, -0.25) is 9.59 Å². The smallest absolute Gasteiger partial charge is 0.302 e. The van der Waals surface area contributed by atoms with Crippen molar-refractivity contribution in [2.45, 2.75) is 97.2 Å². The van der Waals surface area contributed by atoms with Crippen LogP contribution in [0.1, 0.15) is 85.5 Å². The van der Waals surface area contributed by atoms with E-state index in [0.29, 0.717) is 35.5 Å². The van der Waals surface area contributed by atoms with E-state index in [2.05, 4.69) is 13.8 Å². The first kappa shape index (κ1) is 19.4. The summed E-state index contributed by atoms with van der Waals surface area (Å²) in [4.78, 5) is 23.7. The maximum atomic E-state index is 12.3. The van der Waals surface area contributed by atoms with Crippen molar-refractivity contribution in [2.24, 2.45) is 34.5 Å². The van der Waals surface area contributed by atoms with Crippen LogP contribution < -0.4 is 0 Å². The van der Waals surface area contributed by atoms with E-state index in [9.17, 15) is 14.7 Å². The third kappa shape index (κ3) is 2.65. The Balaban J connectivity index is 1.56. The summed E-state index contributed by atoms with van der Waals surface area (Å²) in [5, 5.41) is 11.2. The predicted octanol–water partition coefficient (Wildman–Crippen LogP) is 4.28. The van der Waals surface area contributed by atoms with Crippen molar-refractivity contribution in [2.75, 3.05) is 0 Å². The highest BCUT2D eigenvalue weighted by molar-refractivity contribution is 5.86. The van der Waals surface area contributed by atoms with Gasteiger partial charge in [-0.15, -0.1) is 0 Å². The van der Waals surface area contributed by atoms with Gasteiger partial charge in [0.2, 0.25) is 0 Å². The Morgan fingerprint density at radius 1 is 0.926 bits per heavy atom. The van der Waals surface area contributed by atoms with Crippen molar-refractivity contribution in [1.82, 2.24) is 0 Å². The maximum absolute atomic E-state index is 12.3. The van der Waals surface area contributed by atoms with Gasteiger partial charge in [0.1, 0.15) is 11.7 Å². The van der Waals surface area contributed by atoms with E-state index in [-0.39, 0.29) is 23.3 Å². The number of hydrogen-bond donors (Lipinski definition) is 1. The standard InChI is InChI=1S/C23H36O4/c1-14(24)23(26)12-9-20-18-6-5-16-13-17(27-15(2)25)7-10-21(16,3)19(18)8-11-22(20,23)4/h16-20,26H,5-13H2,1-4H3/t16-,17-,18+,19-,20-,21-,22-,23+/m0/s1. The van der Waals surface area contributed by atoms with Gasteiger partial charge in [-0.2, -0.15) is 0 Å². The summed E-state index contributed by atoms with van der Waals surface area (Å²) in [7, 11) is 0. The van der Waals surface area contributed by atoms with Gasteiger partial charge in [0, 0.05) is 12.3 Å². The molecule has 0 spiro atoms. The molecular weight excluding hydrogens is 340 g/mol. The van der Waals surface area contributed by atoms with Crippen LogP contribution in [0, 0.1) is 34.5 Å². The number of carbonyl (C=O) groups excluding carboxylic acids is 2. The maximum Gasteiger partial charge on any atom is 0.302 e. The van der Waals surface area contributed by atoms with Crippen molar-refractivity contribution >= 4 is 11.8 Å². The van der Waals surface area contributed by atoms with Crippen LogP contribution in [0.2, 0.25) is 0 Å². The molecule has 27 heavy (non-hydrogen) atoms. The quantitative estimate of drug-likeness (QED) is 0.731. The van der Waals surface area contributed by atoms with Gasteiger partial charge in [0.05, 0.1) is 0 Å². The van der Waals surface area contributed by atoms with Crippen molar-refractivity contribution in [3.63, 3.8) is 0 Å². The van der Waals surface area contributed by atoms with Gasteiger partial charge >= 0.3 is 5.97 Å². The summed E-state index contributed by atoms with van der Waals surface area (Å²) in [6.07, 6.45) is 9.34. The molecule has 0 aromatic carbocycles. The monoisotopic (exact) mass is 376 g/mol. The summed E-state index contributed by atoms with van der Waals surface area (Å²) >= 11 is 0. The van der Waals surface area contributed by atoms with E-state index < -0.39 is 5.60 Å². The molecule has 8 atom stereocenters. The SMILES string of the molecule is CC(=O)O[C@H]1CC[C@@]2(C)[C@@H](CC[C@@H]3[C@@H]2CC[C@@]2(C)[C@H]3CC[C@@]2(O)C(C)=O)C1. The minimum Gasteiger partial charge on any atom is -0.463 e. The lowest BCUT2D eigenvalue weighted by molar-refractivity contribution is -0.175. The molecule has 0 amide bonds. The minimum atomic E-state index is -1.12. The van der Waals surface area contributed by atoms with E-state index in [1.165, 1.54) is 19.8 Å². The number of ketones is 1. The molecule has 1 N–H and O–H groups in total. The van der Waals surface area contributed by atoms with Crippen LogP contribution in [0.25, 0.3) is 0 Å². The molecule has 0 unspecified atom stereocenters. The molecule has 0 aromatic rings. The van der Waals surface area contributed by atoms with Crippen LogP contribution in [0.3, 0.4) is 0 Å². The van der Waals surface area contributed by atoms with Crippen molar-refractivity contribution in [3.8, 4) is 0 Å². The predicted molar refractivity (Wildman–Crippen MR) is 103 cm³/mol. The summed E-state index contributed by atoms with van der Waals surface area (Å²) in [6, 6.07) is 0. The molecule has 4 heteroatoms. The number of aliphatic hydroxyl groups is 1. The molecule has 152 valence electrons. The highest BCUT2D eigenvalue weighted by atomic mass is 16.5. The van der Waals surface area contributed by atoms with Crippen LogP contribution >= 0.6 is 0 Å². The van der Waals surface area contributed by atoms with E-state index in [1.807, 2.05) is 0 Å². The number of fused-ring (bicyclic) bond motifs is 5. The molecule has 4 fully saturated rings. The lowest BCUT2D eigenvalue weighted by Gasteiger charge is -2.61. The Morgan fingerprint density at radius 2 is 1.63 bits per heavy atom. The van der Waals surface area contributed by atoms with Gasteiger partial charge in [0.15, 0.2) is 5.78 Å². The molecule has 4 aliphatic carbocycles. The number of ether oxygens (including phenoxy) is 1. The molecule has 4 rings (SSSR count). The molecule has 0 aliphatic heterocycles. The van der Waals surface area contributed by atoms with Crippen molar-refractivity contribution < 1.29 is 19.4 Å². The summed E-state index contributed by atoms with van der Waals surface area (Å²) in [5.41, 5.74) is -1.05. The normalized spacial score (nSPS) is 51.7. The van der Waals surface area contributed by atoms with Crippen molar-refractivity contribution in [1.29, 1.82) is 0 Å². The Bertz CT molecular complexity index is 644. The van der Waals surface area contributed by atoms with Gasteiger partial charge in [-0.05, 0) is 93.8 Å². The molecule has 4 saturated carbocycles. The number of hydrogen-bond acceptors (Lipinski definition) is 4. The number of carbonyl (C=O) groups is 2. The van der Waals surface area contributed by atoms with E-state index in [4.69, 9.17) is 4.74 Å². The fraction of sp³-hybridized carbons (Fsp3) is 0.913. The number of rotatable bonds is 2. The second-order valence-electron chi connectivity index (χ2n) is 10.6. The molecular formula is C23H36O4. The zero-order valence-electron chi connectivity index (χ0n) is 17.4. The van der Waals surface area contributed by atoms with E-state index in [0.717, 1.165) is 38.5 Å². The zero-order chi connectivity index (χ0) is 19.6. The average molecular weight is 377 g/mol. The molecule has 0 aromatic heterocycles. The summed E-state index contributed by atoms with van der Waals surface area (Å²) in [5.74, 6) is 2.22. The third-order valence-corrected chi connectivity index (χ3v) is 9.68. The summed E-state index contributed by atoms with van der Waals surface area (Å²) in [6.45, 7) is 7.76. The van der Waals surface area contributed by atoms with Gasteiger partial charge in [0.25, 0.3) is 0 Å². The van der Waals surface area contributed by atoms with Crippen LogP contribution in [0.4, 0.5) is 0 Å². The minimum absolute atomic E-state index is 0.0345. The second-order valence-corrected chi connectivity index (χ2v) is 10.6. The Labute approximate surface area is 163 Å². The molecule has 0 saturated heterocycles. The third-order valence-electron chi connectivity index (χ3n) is 9.68. The Kier molecular flexibility index (Phi) is 4.53. The van der Waals surface area contributed by atoms with E-state index in [1.54, 1.807) is 6.92 Å². The Hall–Kier alpha value is -0.900. The van der Waals surface area contributed by atoms with Gasteiger partial charge in [-0.25, -0.2) is 0 Å². The summed E-state index contributed by atoms with van der Waals surface area (Å²) < 4.78 is 5.55. The van der Waals surface area contributed by atoms with Crippen LogP contribution in [0.5, 0.6) is 0 Å². The topological polar surface area (TPSA) is 63.6 Å². The van der Waals surface area contributed by atoms with E-state index >= 15 is 0 Å². The van der Waals surface area contributed by atoms with Gasteiger partial charge < -0.3 is 9.84 Å². The molecule has 0 radical (unpaired) electrons. The first-order valence-electron chi connectivity index (χ1n) is 11.0. The first-order valence-corrected chi connectivity index (χ1v) is 11.0. The molecule has 0 heterocycles. The fourth-order valence-corrected chi connectivity index (χ4v) is 8.15. The molecule has 4 aliphatic rings. The Morgan fingerprint density at radius 3 is 2.30 bits per heavy atom. The average Bonchev–Trinajstić information content (AvgIpc) is 2.87. The highest BCUT2D eigenvalue weighted by Gasteiger charge is 2.66. The largest absolute Gasteiger partial charge is 0.463 e. The first-order chi connectivity index (χ1) is 12.6. The lowest BCUT2D eigenvalue weighted by atomic mass is 9.44. The van der Waals surface area contributed by atoms with Gasteiger partial charge in [-0.1, -0.05) is 13.8 Å². The highest BCUT2D eigenvalue weighted by Crippen LogP contribution is 2.68. The number of esters is 1. The zero-order valence-corrected chi connectivity index (χ0v) is 17.4. The van der Waals surface area contributed by atoms with Crippen LogP contribution in [0.15, 0.2) is 0 Å². The number of Topliss-reactive ketones (excluding diaryl/α,β-unsaturated/α-hetero) is 1. The van der Waals surface area contributed by atoms with Crippen LogP contribution in [-0.2, 0) is 14.3 Å². The molecule has 0 bridgehead atoms.